The molecule has 0 amide bonds. The lowest BCUT2D eigenvalue weighted by Gasteiger charge is -2.20. The summed E-state index contributed by atoms with van der Waals surface area (Å²) in [6.45, 7) is 5.79. The van der Waals surface area contributed by atoms with Gasteiger partial charge in [-0.2, -0.15) is 0 Å². The number of aliphatic hydroxyl groups excluding tert-OH is 1. The van der Waals surface area contributed by atoms with Crippen LogP contribution in [0.25, 0.3) is 0 Å². The third-order valence-corrected chi connectivity index (χ3v) is 3.14. The van der Waals surface area contributed by atoms with Gasteiger partial charge in [0, 0.05) is 6.04 Å². The van der Waals surface area contributed by atoms with Gasteiger partial charge < -0.3 is 26.0 Å². The number of benzene rings is 1. The second-order valence-corrected chi connectivity index (χ2v) is 5.09. The summed E-state index contributed by atoms with van der Waals surface area (Å²) < 4.78 is 11.4. The fourth-order valence-electron chi connectivity index (χ4n) is 1.96. The Hall–Kier alpha value is -1.30. The largest absolute Gasteiger partial charge is 0.490 e. The van der Waals surface area contributed by atoms with Crippen molar-refractivity contribution in [2.75, 3.05) is 19.8 Å². The van der Waals surface area contributed by atoms with Gasteiger partial charge in [0.05, 0.1) is 19.3 Å². The predicted molar refractivity (Wildman–Crippen MR) is 84.6 cm³/mol. The molecule has 2 atom stereocenters. The molecule has 5 nitrogen and oxygen atoms in total. The van der Waals surface area contributed by atoms with Crippen LogP contribution in [0.1, 0.15) is 44.8 Å². The number of rotatable bonds is 10. The molecular weight excluding hydrogens is 268 g/mol. The van der Waals surface area contributed by atoms with Crippen molar-refractivity contribution in [2.24, 2.45) is 11.5 Å². The second kappa shape index (κ2) is 9.60. The molecule has 0 aliphatic rings. The number of aliphatic hydroxyl groups is 1. The van der Waals surface area contributed by atoms with E-state index in [2.05, 4.69) is 6.92 Å². The van der Waals surface area contributed by atoms with Crippen LogP contribution in [0.3, 0.4) is 0 Å². The zero-order valence-electron chi connectivity index (χ0n) is 13.0. The van der Waals surface area contributed by atoms with Crippen LogP contribution in [0.5, 0.6) is 11.5 Å². The van der Waals surface area contributed by atoms with Crippen molar-refractivity contribution in [3.8, 4) is 11.5 Å². The van der Waals surface area contributed by atoms with Crippen LogP contribution in [-0.4, -0.2) is 30.9 Å². The molecule has 0 aliphatic heterocycles. The minimum Gasteiger partial charge on any atom is -0.490 e. The highest BCUT2D eigenvalue weighted by Crippen LogP contribution is 2.32. The number of hydrogen-bond donors (Lipinski definition) is 3. The van der Waals surface area contributed by atoms with Gasteiger partial charge in [-0.15, -0.1) is 0 Å². The first-order valence-corrected chi connectivity index (χ1v) is 7.67. The monoisotopic (exact) mass is 296 g/mol. The SMILES string of the molecule is CCCOc1ccc(C(O)C(N)CCN)cc1OCCC. The van der Waals surface area contributed by atoms with Crippen molar-refractivity contribution in [1.82, 2.24) is 0 Å². The molecule has 0 saturated heterocycles. The molecule has 0 saturated carbocycles. The van der Waals surface area contributed by atoms with Gasteiger partial charge in [-0.3, -0.25) is 0 Å². The minimum atomic E-state index is -0.752. The smallest absolute Gasteiger partial charge is 0.161 e. The van der Waals surface area contributed by atoms with Gasteiger partial charge in [-0.05, 0) is 43.5 Å². The molecule has 0 spiro atoms. The van der Waals surface area contributed by atoms with Gasteiger partial charge in [0.2, 0.25) is 0 Å². The van der Waals surface area contributed by atoms with Gasteiger partial charge in [-0.25, -0.2) is 0 Å². The highest BCUT2D eigenvalue weighted by atomic mass is 16.5. The lowest BCUT2D eigenvalue weighted by Crippen LogP contribution is -2.30. The summed E-state index contributed by atoms with van der Waals surface area (Å²) in [7, 11) is 0. The van der Waals surface area contributed by atoms with Crippen LogP contribution in [0.15, 0.2) is 18.2 Å². The van der Waals surface area contributed by atoms with Gasteiger partial charge in [0.15, 0.2) is 11.5 Å². The Kier molecular flexibility index (Phi) is 8.12. The summed E-state index contributed by atoms with van der Waals surface area (Å²) in [5.41, 5.74) is 12.1. The number of ether oxygens (including phenoxy) is 2. The Morgan fingerprint density at radius 3 is 2.29 bits per heavy atom. The molecule has 21 heavy (non-hydrogen) atoms. The molecule has 1 aromatic carbocycles. The maximum Gasteiger partial charge on any atom is 0.161 e. The first-order valence-electron chi connectivity index (χ1n) is 7.67. The van der Waals surface area contributed by atoms with Gasteiger partial charge in [0.1, 0.15) is 0 Å². The Balaban J connectivity index is 2.91. The van der Waals surface area contributed by atoms with E-state index in [1.54, 1.807) is 0 Å². The Bertz CT molecular complexity index is 413. The van der Waals surface area contributed by atoms with E-state index in [0.717, 1.165) is 18.4 Å². The fraction of sp³-hybridized carbons (Fsp3) is 0.625. The fourth-order valence-corrected chi connectivity index (χ4v) is 1.96. The maximum absolute atomic E-state index is 10.3. The molecule has 0 heterocycles. The molecule has 120 valence electrons. The molecule has 2 unspecified atom stereocenters. The Morgan fingerprint density at radius 1 is 1.10 bits per heavy atom. The molecular formula is C16H28N2O3. The summed E-state index contributed by atoms with van der Waals surface area (Å²) in [5.74, 6) is 1.36. The first-order chi connectivity index (χ1) is 10.1. The summed E-state index contributed by atoms with van der Waals surface area (Å²) in [5, 5.41) is 10.3. The summed E-state index contributed by atoms with van der Waals surface area (Å²) in [4.78, 5) is 0. The molecule has 1 rings (SSSR count). The van der Waals surface area contributed by atoms with Gasteiger partial charge in [-0.1, -0.05) is 19.9 Å². The molecule has 0 radical (unpaired) electrons. The molecule has 5 N–H and O–H groups in total. The van der Waals surface area contributed by atoms with Gasteiger partial charge >= 0.3 is 0 Å². The van der Waals surface area contributed by atoms with Crippen molar-refractivity contribution < 1.29 is 14.6 Å². The van der Waals surface area contributed by atoms with Crippen molar-refractivity contribution in [3.05, 3.63) is 23.8 Å². The van der Waals surface area contributed by atoms with E-state index in [1.165, 1.54) is 0 Å². The number of hydrogen-bond acceptors (Lipinski definition) is 5. The molecule has 0 bridgehead atoms. The Morgan fingerprint density at radius 2 is 1.71 bits per heavy atom. The third-order valence-electron chi connectivity index (χ3n) is 3.14. The lowest BCUT2D eigenvalue weighted by atomic mass is 10.00. The van der Waals surface area contributed by atoms with Crippen molar-refractivity contribution >= 4 is 0 Å². The normalized spacial score (nSPS) is 13.8. The molecule has 0 aliphatic carbocycles. The quantitative estimate of drug-likeness (QED) is 0.614. The van der Waals surface area contributed by atoms with E-state index in [4.69, 9.17) is 20.9 Å². The molecule has 1 aromatic rings. The van der Waals surface area contributed by atoms with Gasteiger partial charge in [0.25, 0.3) is 0 Å². The van der Waals surface area contributed by atoms with Crippen LogP contribution in [0.2, 0.25) is 0 Å². The molecule has 0 fully saturated rings. The van der Waals surface area contributed by atoms with E-state index >= 15 is 0 Å². The van der Waals surface area contributed by atoms with Crippen molar-refractivity contribution in [2.45, 2.75) is 45.3 Å². The average Bonchev–Trinajstić information content (AvgIpc) is 2.50. The zero-order chi connectivity index (χ0) is 15.7. The molecule has 0 aromatic heterocycles. The van der Waals surface area contributed by atoms with E-state index in [9.17, 15) is 5.11 Å². The maximum atomic E-state index is 10.3. The summed E-state index contributed by atoms with van der Waals surface area (Å²) in [6.07, 6.45) is 1.66. The minimum absolute atomic E-state index is 0.378. The van der Waals surface area contributed by atoms with Crippen LogP contribution < -0.4 is 20.9 Å². The molecule has 5 heteroatoms. The zero-order valence-corrected chi connectivity index (χ0v) is 13.0. The van der Waals surface area contributed by atoms with Crippen LogP contribution in [0, 0.1) is 0 Å². The van der Waals surface area contributed by atoms with Crippen molar-refractivity contribution in [3.63, 3.8) is 0 Å². The Labute approximate surface area is 127 Å². The van der Waals surface area contributed by atoms with Crippen LogP contribution >= 0.6 is 0 Å². The van der Waals surface area contributed by atoms with E-state index in [1.807, 2.05) is 25.1 Å². The topological polar surface area (TPSA) is 90.7 Å². The standard InChI is InChI=1S/C16H28N2O3/c1-3-9-20-14-6-5-12(11-15(14)21-10-4-2)16(19)13(18)7-8-17/h5-6,11,13,16,19H,3-4,7-10,17-18H2,1-2H3. The van der Waals surface area contributed by atoms with E-state index in [0.29, 0.717) is 37.7 Å². The van der Waals surface area contributed by atoms with Crippen LogP contribution in [-0.2, 0) is 0 Å². The van der Waals surface area contributed by atoms with E-state index < -0.39 is 6.10 Å². The van der Waals surface area contributed by atoms with Crippen molar-refractivity contribution in [1.29, 1.82) is 0 Å². The summed E-state index contributed by atoms with van der Waals surface area (Å²) in [6, 6.07) is 5.08. The average molecular weight is 296 g/mol. The highest BCUT2D eigenvalue weighted by Gasteiger charge is 2.18. The highest BCUT2D eigenvalue weighted by molar-refractivity contribution is 5.44. The van der Waals surface area contributed by atoms with E-state index in [-0.39, 0.29) is 6.04 Å². The predicted octanol–water partition coefficient (Wildman–Crippen LogP) is 1.97. The number of nitrogens with two attached hydrogens (primary N) is 2. The third kappa shape index (κ3) is 5.53. The van der Waals surface area contributed by atoms with Crippen LogP contribution in [0.4, 0.5) is 0 Å². The lowest BCUT2D eigenvalue weighted by molar-refractivity contribution is 0.142. The second-order valence-electron chi connectivity index (χ2n) is 5.09. The first kappa shape index (κ1) is 17.8. The summed E-state index contributed by atoms with van der Waals surface area (Å²) >= 11 is 0.